The van der Waals surface area contributed by atoms with Crippen LogP contribution in [0.25, 0.3) is 0 Å². The number of aromatic amines is 1. The maximum absolute atomic E-state index is 12.1. The van der Waals surface area contributed by atoms with Gasteiger partial charge in [0.05, 0.1) is 5.75 Å². The second-order valence-electron chi connectivity index (χ2n) is 5.44. The van der Waals surface area contributed by atoms with E-state index >= 15 is 0 Å². The maximum Gasteiger partial charge on any atom is 0.215 e. The van der Waals surface area contributed by atoms with E-state index in [1.807, 2.05) is 22.8 Å². The lowest BCUT2D eigenvalue weighted by Crippen LogP contribution is -2.28. The molecule has 1 fully saturated rings. The lowest BCUT2D eigenvalue weighted by molar-refractivity contribution is 0.577. The number of sulfonamides is 1. The van der Waals surface area contributed by atoms with Gasteiger partial charge >= 0.3 is 0 Å². The molecule has 8 heteroatoms. The van der Waals surface area contributed by atoms with Gasteiger partial charge in [-0.05, 0) is 30.6 Å². The van der Waals surface area contributed by atoms with E-state index in [0.29, 0.717) is 23.8 Å². The van der Waals surface area contributed by atoms with Crippen LogP contribution in [0, 0.1) is 4.77 Å². The Morgan fingerprint density at radius 2 is 2.05 bits per heavy atom. The van der Waals surface area contributed by atoms with Gasteiger partial charge in [0.15, 0.2) is 4.77 Å². The van der Waals surface area contributed by atoms with Crippen molar-refractivity contribution in [1.29, 1.82) is 0 Å². The molecule has 0 saturated heterocycles. The van der Waals surface area contributed by atoms with E-state index in [1.165, 1.54) is 0 Å². The Labute approximate surface area is 134 Å². The Hall–Kier alpha value is -1.51. The topological polar surface area (TPSA) is 79.8 Å². The van der Waals surface area contributed by atoms with Crippen molar-refractivity contribution in [2.75, 3.05) is 6.54 Å². The molecule has 0 radical (unpaired) electrons. The average Bonchev–Trinajstić information content (AvgIpc) is 3.24. The first-order chi connectivity index (χ1) is 10.6. The van der Waals surface area contributed by atoms with Crippen molar-refractivity contribution in [3.8, 4) is 0 Å². The standard InChI is InChI=1S/C14H18N4O2S2/c19-22(20,10-11-4-2-1-3-5-11)15-9-8-13-16-17-14(21)18(13)12-6-7-12/h1-5,12,15H,6-10H2,(H,17,21). The highest BCUT2D eigenvalue weighted by atomic mass is 32.2. The fourth-order valence-electron chi connectivity index (χ4n) is 2.39. The Kier molecular flexibility index (Phi) is 4.42. The lowest BCUT2D eigenvalue weighted by Gasteiger charge is -2.08. The third-order valence-corrected chi connectivity index (χ3v) is 5.20. The molecule has 2 aromatic rings. The zero-order chi connectivity index (χ0) is 15.6. The van der Waals surface area contributed by atoms with Crippen molar-refractivity contribution >= 4 is 22.2 Å². The maximum atomic E-state index is 12.1. The van der Waals surface area contributed by atoms with Gasteiger partial charge in [-0.3, -0.25) is 5.10 Å². The van der Waals surface area contributed by atoms with Gasteiger partial charge in [0, 0.05) is 19.0 Å². The number of aromatic nitrogens is 3. The summed E-state index contributed by atoms with van der Waals surface area (Å²) in [5.74, 6) is 0.804. The van der Waals surface area contributed by atoms with Crippen LogP contribution in [0.1, 0.15) is 30.3 Å². The van der Waals surface area contributed by atoms with Crippen LogP contribution in [0.2, 0.25) is 0 Å². The predicted octanol–water partition coefficient (Wildman–Crippen LogP) is 1.94. The molecule has 118 valence electrons. The van der Waals surface area contributed by atoms with E-state index < -0.39 is 10.0 Å². The van der Waals surface area contributed by atoms with Crippen molar-refractivity contribution in [3.63, 3.8) is 0 Å². The van der Waals surface area contributed by atoms with Gasteiger partial charge in [-0.25, -0.2) is 13.1 Å². The third kappa shape index (κ3) is 3.82. The highest BCUT2D eigenvalue weighted by Gasteiger charge is 2.27. The number of rotatable bonds is 7. The van der Waals surface area contributed by atoms with Gasteiger partial charge < -0.3 is 4.57 Å². The molecule has 0 aliphatic heterocycles. The van der Waals surface area contributed by atoms with E-state index in [0.717, 1.165) is 24.2 Å². The minimum Gasteiger partial charge on any atom is -0.301 e. The lowest BCUT2D eigenvalue weighted by atomic mass is 10.2. The van der Waals surface area contributed by atoms with Crippen LogP contribution >= 0.6 is 12.2 Å². The minimum absolute atomic E-state index is 0.0106. The zero-order valence-corrected chi connectivity index (χ0v) is 13.7. The van der Waals surface area contributed by atoms with Crippen LogP contribution in [0.5, 0.6) is 0 Å². The monoisotopic (exact) mass is 338 g/mol. The van der Waals surface area contributed by atoms with Crippen LogP contribution < -0.4 is 4.72 Å². The molecular formula is C14H18N4O2S2. The van der Waals surface area contributed by atoms with E-state index in [9.17, 15) is 8.42 Å². The van der Waals surface area contributed by atoms with Crippen molar-refractivity contribution < 1.29 is 8.42 Å². The van der Waals surface area contributed by atoms with Crippen molar-refractivity contribution in [3.05, 3.63) is 46.5 Å². The van der Waals surface area contributed by atoms with Crippen LogP contribution in [0.4, 0.5) is 0 Å². The zero-order valence-electron chi connectivity index (χ0n) is 12.0. The Morgan fingerprint density at radius 3 is 2.73 bits per heavy atom. The van der Waals surface area contributed by atoms with Gasteiger partial charge in [-0.2, -0.15) is 5.10 Å². The van der Waals surface area contributed by atoms with Crippen LogP contribution in [0.15, 0.2) is 30.3 Å². The van der Waals surface area contributed by atoms with Crippen LogP contribution in [-0.4, -0.2) is 29.7 Å². The number of nitrogens with one attached hydrogen (secondary N) is 2. The van der Waals surface area contributed by atoms with E-state index in [4.69, 9.17) is 12.2 Å². The summed E-state index contributed by atoms with van der Waals surface area (Å²) < 4.78 is 29.4. The summed E-state index contributed by atoms with van der Waals surface area (Å²) in [6.07, 6.45) is 2.75. The number of hydrogen-bond acceptors (Lipinski definition) is 4. The van der Waals surface area contributed by atoms with Gasteiger partial charge in [0.25, 0.3) is 0 Å². The molecule has 0 unspecified atom stereocenters. The summed E-state index contributed by atoms with van der Waals surface area (Å²) in [6, 6.07) is 9.57. The molecule has 0 atom stereocenters. The van der Waals surface area contributed by atoms with E-state index in [1.54, 1.807) is 12.1 Å². The second-order valence-corrected chi connectivity index (χ2v) is 7.63. The number of H-pyrrole nitrogens is 1. The molecule has 0 spiro atoms. The molecule has 1 aromatic heterocycles. The highest BCUT2D eigenvalue weighted by Crippen LogP contribution is 2.35. The largest absolute Gasteiger partial charge is 0.301 e. The first-order valence-corrected chi connectivity index (χ1v) is 9.28. The van der Waals surface area contributed by atoms with Crippen LogP contribution in [-0.2, 0) is 22.2 Å². The van der Waals surface area contributed by atoms with Crippen molar-refractivity contribution in [1.82, 2.24) is 19.5 Å². The molecule has 1 saturated carbocycles. The van der Waals surface area contributed by atoms with Gasteiger partial charge in [0.2, 0.25) is 10.0 Å². The summed E-state index contributed by atoms with van der Waals surface area (Å²) in [6.45, 7) is 0.321. The minimum atomic E-state index is -3.34. The van der Waals surface area contributed by atoms with Gasteiger partial charge in [0.1, 0.15) is 5.82 Å². The third-order valence-electron chi connectivity index (χ3n) is 3.56. The summed E-state index contributed by atoms with van der Waals surface area (Å²) in [4.78, 5) is 0. The molecule has 1 aliphatic carbocycles. The fraction of sp³-hybridized carbons (Fsp3) is 0.429. The summed E-state index contributed by atoms with van der Waals surface area (Å²) >= 11 is 5.21. The van der Waals surface area contributed by atoms with E-state index in [2.05, 4.69) is 14.9 Å². The fourth-order valence-corrected chi connectivity index (χ4v) is 3.83. The number of hydrogen-bond donors (Lipinski definition) is 2. The smallest absolute Gasteiger partial charge is 0.215 e. The Morgan fingerprint density at radius 1 is 1.32 bits per heavy atom. The molecule has 1 aliphatic rings. The quantitative estimate of drug-likeness (QED) is 0.756. The molecule has 1 aromatic carbocycles. The molecule has 1 heterocycles. The molecule has 6 nitrogen and oxygen atoms in total. The second kappa shape index (κ2) is 6.31. The molecule has 3 rings (SSSR count). The van der Waals surface area contributed by atoms with Crippen molar-refractivity contribution in [2.45, 2.75) is 31.1 Å². The predicted molar refractivity (Wildman–Crippen MR) is 86.5 cm³/mol. The average molecular weight is 338 g/mol. The van der Waals surface area contributed by atoms with Gasteiger partial charge in [-0.15, -0.1) is 0 Å². The Balaban J connectivity index is 1.57. The molecular weight excluding hydrogens is 320 g/mol. The first kappa shape index (κ1) is 15.4. The molecule has 22 heavy (non-hydrogen) atoms. The molecule has 0 amide bonds. The number of nitrogens with zero attached hydrogens (tertiary/aromatic N) is 2. The summed E-state index contributed by atoms with van der Waals surface area (Å²) in [5.41, 5.74) is 0.774. The van der Waals surface area contributed by atoms with E-state index in [-0.39, 0.29) is 5.75 Å². The Bertz CT molecular complexity index is 792. The summed E-state index contributed by atoms with van der Waals surface area (Å²) in [7, 11) is -3.34. The molecule has 2 N–H and O–H groups in total. The molecule has 0 bridgehead atoms. The SMILES string of the molecule is O=S(=O)(Cc1ccccc1)NCCc1n[nH]c(=S)n1C1CC1. The van der Waals surface area contributed by atoms with Gasteiger partial charge in [-0.1, -0.05) is 30.3 Å². The number of benzene rings is 1. The summed E-state index contributed by atoms with van der Waals surface area (Å²) in [5, 5.41) is 6.98. The normalized spacial score (nSPS) is 15.1. The first-order valence-electron chi connectivity index (χ1n) is 7.22. The van der Waals surface area contributed by atoms with Crippen LogP contribution in [0.3, 0.4) is 0 Å². The van der Waals surface area contributed by atoms with Crippen molar-refractivity contribution in [2.24, 2.45) is 0 Å². The highest BCUT2D eigenvalue weighted by molar-refractivity contribution is 7.88.